The fourth-order valence-corrected chi connectivity index (χ4v) is 2.38. The van der Waals surface area contributed by atoms with Crippen molar-refractivity contribution in [3.05, 3.63) is 42.0 Å². The second-order valence-electron chi connectivity index (χ2n) is 5.15. The van der Waals surface area contributed by atoms with Crippen molar-refractivity contribution in [3.8, 4) is 5.69 Å². The maximum atomic E-state index is 4.62. The van der Waals surface area contributed by atoms with Crippen LogP contribution in [0.5, 0.6) is 0 Å². The molecular weight excluding hydrogens is 236 g/mol. The van der Waals surface area contributed by atoms with Crippen molar-refractivity contribution in [2.45, 2.75) is 38.1 Å². The quantitative estimate of drug-likeness (QED) is 0.894. The zero-order chi connectivity index (χ0) is 13.2. The minimum absolute atomic E-state index is 0.327. The highest BCUT2D eigenvalue weighted by Gasteiger charge is 2.25. The van der Waals surface area contributed by atoms with E-state index in [0.29, 0.717) is 12.0 Å². The van der Waals surface area contributed by atoms with Crippen LogP contribution in [0.3, 0.4) is 0 Å². The molecule has 0 amide bonds. The van der Waals surface area contributed by atoms with E-state index < -0.39 is 0 Å². The molecule has 1 atom stereocenters. The first kappa shape index (κ1) is 12.4. The van der Waals surface area contributed by atoms with Crippen LogP contribution in [0.15, 0.2) is 30.6 Å². The Bertz CT molecular complexity index is 536. The van der Waals surface area contributed by atoms with Gasteiger partial charge in [0.05, 0.1) is 23.3 Å². The van der Waals surface area contributed by atoms with Gasteiger partial charge in [-0.2, -0.15) is 5.10 Å². The van der Waals surface area contributed by atoms with Gasteiger partial charge in [-0.15, -0.1) is 0 Å². The molecule has 0 bridgehead atoms. The smallest absolute Gasteiger partial charge is 0.0829 e. The molecular formula is C15H20N4. The van der Waals surface area contributed by atoms with Crippen LogP contribution in [0.4, 0.5) is 0 Å². The standard InChI is InChI=1S/C15H20N4/c1-3-13(16-2)15-7-6-12(10-17-15)19-9-8-14(18-19)11-4-5-11/h6-11,13,16H,3-5H2,1-2H3. The van der Waals surface area contributed by atoms with Crippen molar-refractivity contribution >= 4 is 0 Å². The average molecular weight is 256 g/mol. The highest BCUT2D eigenvalue weighted by atomic mass is 15.3. The molecule has 1 N–H and O–H groups in total. The summed E-state index contributed by atoms with van der Waals surface area (Å²) >= 11 is 0. The van der Waals surface area contributed by atoms with Crippen molar-refractivity contribution < 1.29 is 0 Å². The van der Waals surface area contributed by atoms with E-state index >= 15 is 0 Å². The summed E-state index contributed by atoms with van der Waals surface area (Å²) in [6.07, 6.45) is 7.54. The van der Waals surface area contributed by atoms with Gasteiger partial charge in [0, 0.05) is 18.2 Å². The fraction of sp³-hybridized carbons (Fsp3) is 0.467. The number of rotatable bonds is 5. The Labute approximate surface area is 113 Å². The second-order valence-corrected chi connectivity index (χ2v) is 5.15. The molecule has 1 fully saturated rings. The van der Waals surface area contributed by atoms with Crippen LogP contribution >= 0.6 is 0 Å². The average Bonchev–Trinajstić information content (AvgIpc) is 3.19. The van der Waals surface area contributed by atoms with Crippen LogP contribution in [0.2, 0.25) is 0 Å². The summed E-state index contributed by atoms with van der Waals surface area (Å²) in [6, 6.07) is 6.62. The van der Waals surface area contributed by atoms with E-state index in [2.05, 4.69) is 40.5 Å². The number of aromatic nitrogens is 3. The van der Waals surface area contributed by atoms with Gasteiger partial charge >= 0.3 is 0 Å². The molecule has 0 radical (unpaired) electrons. The van der Waals surface area contributed by atoms with Crippen LogP contribution in [0, 0.1) is 0 Å². The van der Waals surface area contributed by atoms with Crippen LogP contribution in [-0.2, 0) is 0 Å². The molecule has 1 saturated carbocycles. The van der Waals surface area contributed by atoms with E-state index in [1.54, 1.807) is 0 Å². The van der Waals surface area contributed by atoms with Crippen molar-refractivity contribution in [2.75, 3.05) is 7.05 Å². The van der Waals surface area contributed by atoms with E-state index in [0.717, 1.165) is 17.8 Å². The van der Waals surface area contributed by atoms with Gasteiger partial charge in [0.15, 0.2) is 0 Å². The Morgan fingerprint density at radius 3 is 2.79 bits per heavy atom. The lowest BCUT2D eigenvalue weighted by Gasteiger charge is -2.13. The molecule has 0 saturated heterocycles. The zero-order valence-corrected chi connectivity index (χ0v) is 11.5. The van der Waals surface area contributed by atoms with Gasteiger partial charge in [-0.1, -0.05) is 6.92 Å². The summed E-state index contributed by atoms with van der Waals surface area (Å²) in [7, 11) is 1.97. The van der Waals surface area contributed by atoms with E-state index in [9.17, 15) is 0 Å². The molecule has 1 aliphatic rings. The molecule has 0 aliphatic heterocycles. The first-order valence-corrected chi connectivity index (χ1v) is 7.01. The number of hydrogen-bond donors (Lipinski definition) is 1. The maximum absolute atomic E-state index is 4.62. The lowest BCUT2D eigenvalue weighted by Crippen LogP contribution is -2.16. The number of nitrogens with one attached hydrogen (secondary N) is 1. The molecule has 4 nitrogen and oxygen atoms in total. The Morgan fingerprint density at radius 1 is 1.37 bits per heavy atom. The van der Waals surface area contributed by atoms with Crippen LogP contribution < -0.4 is 5.32 Å². The van der Waals surface area contributed by atoms with Crippen molar-refractivity contribution in [2.24, 2.45) is 0 Å². The molecule has 4 heteroatoms. The van der Waals surface area contributed by atoms with Gasteiger partial charge in [-0.3, -0.25) is 4.98 Å². The number of nitrogens with zero attached hydrogens (tertiary/aromatic N) is 3. The van der Waals surface area contributed by atoms with Gasteiger partial charge < -0.3 is 5.32 Å². The summed E-state index contributed by atoms with van der Waals surface area (Å²) in [5.41, 5.74) is 3.33. The summed E-state index contributed by atoms with van der Waals surface area (Å²) in [6.45, 7) is 2.16. The molecule has 2 heterocycles. The summed E-state index contributed by atoms with van der Waals surface area (Å²) in [5, 5.41) is 7.89. The lowest BCUT2D eigenvalue weighted by molar-refractivity contribution is 0.561. The Morgan fingerprint density at radius 2 is 2.21 bits per heavy atom. The topological polar surface area (TPSA) is 42.7 Å². The second kappa shape index (κ2) is 5.13. The molecule has 19 heavy (non-hydrogen) atoms. The predicted octanol–water partition coefficient (Wildman–Crippen LogP) is 2.82. The van der Waals surface area contributed by atoms with Crippen LogP contribution in [0.1, 0.15) is 49.5 Å². The SMILES string of the molecule is CCC(NC)c1ccc(-n2ccc(C3CC3)n2)cn1. The number of pyridine rings is 1. The maximum Gasteiger partial charge on any atom is 0.0829 e. The summed E-state index contributed by atoms with van der Waals surface area (Å²) in [5.74, 6) is 0.697. The van der Waals surface area contributed by atoms with Crippen LogP contribution in [0.25, 0.3) is 5.69 Å². The fourth-order valence-electron chi connectivity index (χ4n) is 2.38. The third-order valence-electron chi connectivity index (χ3n) is 3.75. The van der Waals surface area contributed by atoms with E-state index in [1.807, 2.05) is 24.1 Å². The van der Waals surface area contributed by atoms with Gasteiger partial charge in [-0.25, -0.2) is 4.68 Å². The van der Waals surface area contributed by atoms with Crippen molar-refractivity contribution in [3.63, 3.8) is 0 Å². The highest BCUT2D eigenvalue weighted by molar-refractivity contribution is 5.30. The van der Waals surface area contributed by atoms with Gasteiger partial charge in [0.25, 0.3) is 0 Å². The first-order chi connectivity index (χ1) is 9.31. The van der Waals surface area contributed by atoms with Gasteiger partial charge in [0.2, 0.25) is 0 Å². The third-order valence-corrected chi connectivity index (χ3v) is 3.75. The Kier molecular flexibility index (Phi) is 3.34. The lowest BCUT2D eigenvalue weighted by atomic mass is 10.1. The summed E-state index contributed by atoms with van der Waals surface area (Å²) in [4.78, 5) is 4.54. The molecule has 0 aromatic carbocycles. The summed E-state index contributed by atoms with van der Waals surface area (Å²) < 4.78 is 1.92. The molecule has 2 aromatic rings. The van der Waals surface area contributed by atoms with Crippen molar-refractivity contribution in [1.82, 2.24) is 20.1 Å². The predicted molar refractivity (Wildman–Crippen MR) is 75.4 cm³/mol. The van der Waals surface area contributed by atoms with Gasteiger partial charge in [-0.05, 0) is 44.5 Å². The van der Waals surface area contributed by atoms with E-state index in [4.69, 9.17) is 0 Å². The monoisotopic (exact) mass is 256 g/mol. The molecule has 0 spiro atoms. The largest absolute Gasteiger partial charge is 0.312 e. The zero-order valence-electron chi connectivity index (χ0n) is 11.5. The highest BCUT2D eigenvalue weighted by Crippen LogP contribution is 2.39. The normalized spacial score (nSPS) is 16.5. The van der Waals surface area contributed by atoms with E-state index in [1.165, 1.54) is 18.5 Å². The minimum Gasteiger partial charge on any atom is -0.312 e. The first-order valence-electron chi connectivity index (χ1n) is 7.01. The molecule has 2 aromatic heterocycles. The Hall–Kier alpha value is -1.68. The minimum atomic E-state index is 0.327. The molecule has 3 rings (SSSR count). The van der Waals surface area contributed by atoms with Crippen molar-refractivity contribution in [1.29, 1.82) is 0 Å². The molecule has 100 valence electrons. The van der Waals surface area contributed by atoms with Gasteiger partial charge in [0.1, 0.15) is 0 Å². The van der Waals surface area contributed by atoms with Crippen LogP contribution in [-0.4, -0.2) is 21.8 Å². The third kappa shape index (κ3) is 2.54. The number of hydrogen-bond acceptors (Lipinski definition) is 3. The Balaban J connectivity index is 1.80. The molecule has 1 unspecified atom stereocenters. The van der Waals surface area contributed by atoms with E-state index in [-0.39, 0.29) is 0 Å². The molecule has 1 aliphatic carbocycles.